The van der Waals surface area contributed by atoms with Crippen molar-refractivity contribution in [2.45, 2.75) is 4.90 Å². The second kappa shape index (κ2) is 6.48. The van der Waals surface area contributed by atoms with Gasteiger partial charge in [-0.1, -0.05) is 0 Å². The van der Waals surface area contributed by atoms with E-state index in [0.717, 1.165) is 6.07 Å². The monoisotopic (exact) mass is 357 g/mol. The predicted octanol–water partition coefficient (Wildman–Crippen LogP) is 1.19. The van der Waals surface area contributed by atoms with Gasteiger partial charge in [-0.2, -0.15) is 14.8 Å². The molecule has 0 aliphatic carbocycles. The average molecular weight is 358 g/mol. The van der Waals surface area contributed by atoms with Crippen molar-refractivity contribution in [1.82, 2.24) is 4.31 Å². The lowest BCUT2D eigenvalue weighted by molar-refractivity contribution is 0.0696. The standard InChI is InChI=1S/C11H8BrN3O4S/c12-9-2-1-8(11(16)17)7-10(9)20(18,19)15(5-3-13)6-4-14/h1-2,7H,5-6H2,(H,16,17). The van der Waals surface area contributed by atoms with E-state index in [9.17, 15) is 13.2 Å². The molecule has 1 N–H and O–H groups in total. The maximum Gasteiger partial charge on any atom is 0.335 e. The van der Waals surface area contributed by atoms with Gasteiger partial charge in [0.2, 0.25) is 10.0 Å². The second-order valence-corrected chi connectivity index (χ2v) is 6.30. The number of carboxylic acid groups (broad SMARTS) is 1. The molecule has 0 amide bonds. The van der Waals surface area contributed by atoms with Crippen molar-refractivity contribution in [2.75, 3.05) is 13.1 Å². The summed E-state index contributed by atoms with van der Waals surface area (Å²) in [6.45, 7) is -1.00. The number of rotatable bonds is 5. The summed E-state index contributed by atoms with van der Waals surface area (Å²) >= 11 is 3.02. The Morgan fingerprint density at radius 2 is 1.85 bits per heavy atom. The molecule has 0 fully saturated rings. The van der Waals surface area contributed by atoms with Gasteiger partial charge in [-0.25, -0.2) is 13.2 Å². The van der Waals surface area contributed by atoms with Crippen molar-refractivity contribution >= 4 is 31.9 Å². The maximum atomic E-state index is 12.3. The quantitative estimate of drug-likeness (QED) is 0.789. The fourth-order valence-corrected chi connectivity index (χ4v) is 3.54. The fourth-order valence-electron chi connectivity index (χ4n) is 1.36. The molecular formula is C11H8BrN3O4S. The van der Waals surface area contributed by atoms with E-state index in [0.29, 0.717) is 4.31 Å². The molecule has 1 rings (SSSR count). The molecule has 0 aromatic heterocycles. The number of carbonyl (C=O) groups is 1. The van der Waals surface area contributed by atoms with Crippen LogP contribution in [-0.4, -0.2) is 36.9 Å². The number of benzene rings is 1. The van der Waals surface area contributed by atoms with Crippen LogP contribution in [0.5, 0.6) is 0 Å². The summed E-state index contributed by atoms with van der Waals surface area (Å²) in [6, 6.07) is 6.80. The molecule has 0 spiro atoms. The number of carboxylic acids is 1. The van der Waals surface area contributed by atoms with Crippen LogP contribution in [0.25, 0.3) is 0 Å². The van der Waals surface area contributed by atoms with Crippen LogP contribution in [0, 0.1) is 22.7 Å². The summed E-state index contributed by atoms with van der Waals surface area (Å²) in [5.41, 5.74) is -0.208. The van der Waals surface area contributed by atoms with E-state index in [4.69, 9.17) is 15.6 Å². The van der Waals surface area contributed by atoms with E-state index in [1.165, 1.54) is 12.1 Å². The van der Waals surface area contributed by atoms with Crippen molar-refractivity contribution in [1.29, 1.82) is 10.5 Å². The number of halogens is 1. The van der Waals surface area contributed by atoms with Crippen LogP contribution in [0.2, 0.25) is 0 Å². The first-order chi connectivity index (χ1) is 9.34. The van der Waals surface area contributed by atoms with Crippen LogP contribution < -0.4 is 0 Å². The van der Waals surface area contributed by atoms with Gasteiger partial charge in [0.05, 0.1) is 22.6 Å². The van der Waals surface area contributed by atoms with Crippen LogP contribution in [0.15, 0.2) is 27.6 Å². The smallest absolute Gasteiger partial charge is 0.335 e. The summed E-state index contributed by atoms with van der Waals surface area (Å²) in [7, 11) is -4.13. The fraction of sp³-hybridized carbons (Fsp3) is 0.182. The van der Waals surface area contributed by atoms with Gasteiger partial charge in [0.1, 0.15) is 13.1 Å². The predicted molar refractivity (Wildman–Crippen MR) is 71.1 cm³/mol. The molecule has 0 atom stereocenters. The molecular weight excluding hydrogens is 350 g/mol. The Hall–Kier alpha value is -1.94. The van der Waals surface area contributed by atoms with Gasteiger partial charge in [0, 0.05) is 4.47 Å². The van der Waals surface area contributed by atoms with Crippen LogP contribution in [0.4, 0.5) is 0 Å². The van der Waals surface area contributed by atoms with Crippen molar-refractivity contribution in [3.8, 4) is 12.1 Å². The number of sulfonamides is 1. The topological polar surface area (TPSA) is 122 Å². The molecule has 7 nitrogen and oxygen atoms in total. The Morgan fingerprint density at radius 3 is 2.30 bits per heavy atom. The minimum absolute atomic E-state index is 0.156. The molecule has 0 unspecified atom stereocenters. The molecule has 9 heteroatoms. The molecule has 0 aliphatic heterocycles. The maximum absolute atomic E-state index is 12.3. The van der Waals surface area contributed by atoms with E-state index < -0.39 is 29.1 Å². The number of nitriles is 2. The summed E-state index contributed by atoms with van der Waals surface area (Å²) in [6.07, 6.45) is 0. The molecule has 1 aromatic carbocycles. The van der Waals surface area contributed by atoms with Gasteiger partial charge >= 0.3 is 5.97 Å². The Morgan fingerprint density at radius 1 is 1.30 bits per heavy atom. The highest BCUT2D eigenvalue weighted by molar-refractivity contribution is 9.10. The second-order valence-electron chi connectivity index (χ2n) is 3.54. The Bertz CT molecular complexity index is 702. The normalized spacial score (nSPS) is 10.8. The van der Waals surface area contributed by atoms with Crippen molar-refractivity contribution in [3.05, 3.63) is 28.2 Å². The molecule has 104 valence electrons. The average Bonchev–Trinajstić information content (AvgIpc) is 2.38. The highest BCUT2D eigenvalue weighted by Crippen LogP contribution is 2.26. The SMILES string of the molecule is N#CCN(CC#N)S(=O)(=O)c1cc(C(=O)O)ccc1Br. The molecule has 1 aromatic rings. The third kappa shape index (κ3) is 3.33. The highest BCUT2D eigenvalue weighted by atomic mass is 79.9. The summed E-state index contributed by atoms with van der Waals surface area (Å²) in [4.78, 5) is 10.6. The van der Waals surface area contributed by atoms with Gasteiger partial charge in [-0.15, -0.1) is 0 Å². The van der Waals surface area contributed by atoms with E-state index in [-0.39, 0.29) is 14.9 Å². The number of hydrogen-bond acceptors (Lipinski definition) is 5. The van der Waals surface area contributed by atoms with Crippen molar-refractivity contribution in [2.24, 2.45) is 0 Å². The minimum Gasteiger partial charge on any atom is -0.478 e. The molecule has 0 saturated carbocycles. The summed E-state index contributed by atoms with van der Waals surface area (Å²) in [5, 5.41) is 26.1. The molecule has 0 radical (unpaired) electrons. The minimum atomic E-state index is -4.13. The van der Waals surface area contributed by atoms with Crippen LogP contribution >= 0.6 is 15.9 Å². The lowest BCUT2D eigenvalue weighted by Gasteiger charge is -2.17. The van der Waals surface area contributed by atoms with E-state index >= 15 is 0 Å². The largest absolute Gasteiger partial charge is 0.478 e. The van der Waals surface area contributed by atoms with Gasteiger partial charge in [-0.05, 0) is 34.1 Å². The molecule has 0 heterocycles. The third-order valence-electron chi connectivity index (χ3n) is 2.29. The first kappa shape index (κ1) is 16.1. The summed E-state index contributed by atoms with van der Waals surface area (Å²) < 4.78 is 25.4. The number of hydrogen-bond donors (Lipinski definition) is 1. The van der Waals surface area contributed by atoms with Gasteiger partial charge in [0.15, 0.2) is 0 Å². The van der Waals surface area contributed by atoms with Gasteiger partial charge in [-0.3, -0.25) is 0 Å². The van der Waals surface area contributed by atoms with Crippen LogP contribution in [-0.2, 0) is 10.0 Å². The third-order valence-corrected chi connectivity index (χ3v) is 5.08. The molecule has 0 saturated heterocycles. The molecule has 0 aliphatic rings. The molecule has 20 heavy (non-hydrogen) atoms. The lowest BCUT2D eigenvalue weighted by Crippen LogP contribution is -2.32. The first-order valence-electron chi connectivity index (χ1n) is 5.11. The number of aromatic carboxylic acids is 1. The van der Waals surface area contributed by atoms with E-state index in [2.05, 4.69) is 15.9 Å². The Balaban J connectivity index is 3.41. The van der Waals surface area contributed by atoms with E-state index in [1.54, 1.807) is 12.1 Å². The zero-order valence-corrected chi connectivity index (χ0v) is 12.3. The Labute approximate surface area is 123 Å². The lowest BCUT2D eigenvalue weighted by atomic mass is 10.2. The van der Waals surface area contributed by atoms with Crippen LogP contribution in [0.1, 0.15) is 10.4 Å². The van der Waals surface area contributed by atoms with Crippen molar-refractivity contribution < 1.29 is 18.3 Å². The highest BCUT2D eigenvalue weighted by Gasteiger charge is 2.27. The summed E-state index contributed by atoms with van der Waals surface area (Å²) in [5.74, 6) is -1.28. The van der Waals surface area contributed by atoms with Gasteiger partial charge < -0.3 is 5.11 Å². The zero-order valence-electron chi connectivity index (χ0n) is 9.95. The van der Waals surface area contributed by atoms with Crippen LogP contribution in [0.3, 0.4) is 0 Å². The Kier molecular flexibility index (Phi) is 5.22. The molecule has 0 bridgehead atoms. The van der Waals surface area contributed by atoms with Gasteiger partial charge in [0.25, 0.3) is 0 Å². The zero-order chi connectivity index (χ0) is 15.3. The first-order valence-corrected chi connectivity index (χ1v) is 7.34. The van der Waals surface area contributed by atoms with Crippen molar-refractivity contribution in [3.63, 3.8) is 0 Å². The van der Waals surface area contributed by atoms with E-state index in [1.807, 2.05) is 0 Å². The number of nitrogens with zero attached hydrogens (tertiary/aromatic N) is 3.